The first-order valence-corrected chi connectivity index (χ1v) is 5.96. The smallest absolute Gasteiger partial charge is 0.330 e. The minimum Gasteiger partial charge on any atom is -0.494 e. The molecule has 0 radical (unpaired) electrons. The standard InChI is InChI=1S/C14H11N3O3/c1-17-13(19)10(12(18)16-14(17)20)7-9-6-8-4-2-3-5-11(8)15-9/h2-7,19H,1H3,(H,16,18,20)/b9-7+. The molecule has 1 aromatic heterocycles. The highest BCUT2D eigenvalue weighted by Crippen LogP contribution is 2.14. The van der Waals surface area contributed by atoms with Crippen LogP contribution >= 0.6 is 0 Å². The summed E-state index contributed by atoms with van der Waals surface area (Å²) in [6.45, 7) is 0. The molecule has 0 atom stereocenters. The summed E-state index contributed by atoms with van der Waals surface area (Å²) in [5, 5.41) is 11.6. The summed E-state index contributed by atoms with van der Waals surface area (Å²) in [5.41, 5.74) is -0.747. The SMILES string of the molecule is Cn1c(O)c(/C=C2\C=c3ccccc3=N2)c(=O)[nH]c1=O. The molecule has 6 heteroatoms. The van der Waals surface area contributed by atoms with Crippen LogP contribution in [0.25, 0.3) is 12.2 Å². The zero-order valence-electron chi connectivity index (χ0n) is 10.6. The van der Waals surface area contributed by atoms with Crippen molar-refractivity contribution < 1.29 is 5.11 Å². The molecule has 100 valence electrons. The van der Waals surface area contributed by atoms with Gasteiger partial charge in [0.2, 0.25) is 5.88 Å². The molecular formula is C14H11N3O3. The van der Waals surface area contributed by atoms with Crippen molar-refractivity contribution >= 4 is 12.2 Å². The van der Waals surface area contributed by atoms with Gasteiger partial charge in [0.1, 0.15) is 5.56 Å². The molecule has 20 heavy (non-hydrogen) atoms. The van der Waals surface area contributed by atoms with E-state index in [4.69, 9.17) is 0 Å². The molecule has 6 nitrogen and oxygen atoms in total. The summed E-state index contributed by atoms with van der Waals surface area (Å²) in [4.78, 5) is 29.5. The van der Waals surface area contributed by atoms with E-state index in [1.54, 1.807) is 6.08 Å². The molecule has 2 aromatic rings. The maximum absolute atomic E-state index is 11.7. The van der Waals surface area contributed by atoms with Crippen molar-refractivity contribution in [2.45, 2.75) is 0 Å². The second-order valence-corrected chi connectivity index (χ2v) is 4.44. The van der Waals surface area contributed by atoms with Gasteiger partial charge in [-0.15, -0.1) is 0 Å². The van der Waals surface area contributed by atoms with E-state index in [1.165, 1.54) is 13.1 Å². The molecule has 0 unspecified atom stereocenters. The van der Waals surface area contributed by atoms with Gasteiger partial charge < -0.3 is 5.11 Å². The number of para-hydroxylation sites is 1. The summed E-state index contributed by atoms with van der Waals surface area (Å²) in [7, 11) is 1.37. The molecule has 0 amide bonds. The quantitative estimate of drug-likeness (QED) is 0.713. The van der Waals surface area contributed by atoms with E-state index in [0.29, 0.717) is 5.70 Å². The van der Waals surface area contributed by atoms with Crippen molar-refractivity contribution in [3.63, 3.8) is 0 Å². The highest BCUT2D eigenvalue weighted by molar-refractivity contribution is 5.67. The van der Waals surface area contributed by atoms with E-state index in [1.807, 2.05) is 24.3 Å². The summed E-state index contributed by atoms with van der Waals surface area (Å²) in [6, 6.07) is 7.53. The fourth-order valence-corrected chi connectivity index (χ4v) is 2.02. The average Bonchev–Trinajstić information content (AvgIpc) is 2.83. The van der Waals surface area contributed by atoms with Crippen molar-refractivity contribution in [3.8, 4) is 5.88 Å². The monoisotopic (exact) mass is 269 g/mol. The zero-order chi connectivity index (χ0) is 14.3. The first-order chi connectivity index (χ1) is 9.56. The Hall–Kier alpha value is -2.89. The van der Waals surface area contributed by atoms with Gasteiger partial charge in [-0.05, 0) is 18.2 Å². The number of benzene rings is 1. The predicted octanol–water partition coefficient (Wildman–Crippen LogP) is -0.766. The third kappa shape index (κ3) is 1.87. The fourth-order valence-electron chi connectivity index (χ4n) is 2.02. The molecule has 0 aliphatic carbocycles. The molecule has 3 rings (SSSR count). The topological polar surface area (TPSA) is 87.4 Å². The third-order valence-corrected chi connectivity index (χ3v) is 3.11. The number of nitrogens with zero attached hydrogens (tertiary/aromatic N) is 2. The van der Waals surface area contributed by atoms with Crippen molar-refractivity contribution in [1.29, 1.82) is 0 Å². The van der Waals surface area contributed by atoms with Crippen LogP contribution in [0, 0.1) is 0 Å². The molecule has 0 saturated heterocycles. The minimum absolute atomic E-state index is 0.00917. The van der Waals surface area contributed by atoms with Crippen molar-refractivity contribution in [2.24, 2.45) is 12.0 Å². The number of rotatable bonds is 1. The number of hydrogen-bond acceptors (Lipinski definition) is 4. The Balaban J connectivity index is 2.21. The normalized spacial score (nSPS) is 14.8. The molecule has 0 spiro atoms. The Labute approximate surface area is 112 Å². The molecule has 1 aliphatic heterocycles. The summed E-state index contributed by atoms with van der Waals surface area (Å²) in [6.07, 6.45) is 3.26. The molecule has 0 fully saturated rings. The van der Waals surface area contributed by atoms with Crippen LogP contribution in [-0.4, -0.2) is 14.7 Å². The van der Waals surface area contributed by atoms with E-state index in [9.17, 15) is 14.7 Å². The van der Waals surface area contributed by atoms with Gasteiger partial charge in [0.15, 0.2) is 0 Å². The fraction of sp³-hybridized carbons (Fsp3) is 0.0714. The predicted molar refractivity (Wildman–Crippen MR) is 73.6 cm³/mol. The second kappa shape index (κ2) is 4.34. The first-order valence-electron chi connectivity index (χ1n) is 5.96. The molecule has 0 bridgehead atoms. The number of hydrogen-bond donors (Lipinski definition) is 2. The van der Waals surface area contributed by atoms with Gasteiger partial charge in [-0.2, -0.15) is 0 Å². The third-order valence-electron chi connectivity index (χ3n) is 3.11. The molecule has 2 N–H and O–H groups in total. The van der Waals surface area contributed by atoms with E-state index in [2.05, 4.69) is 9.98 Å². The van der Waals surface area contributed by atoms with Crippen LogP contribution in [0.5, 0.6) is 5.88 Å². The van der Waals surface area contributed by atoms with Crippen LogP contribution in [-0.2, 0) is 7.05 Å². The van der Waals surface area contributed by atoms with E-state index in [0.717, 1.165) is 15.1 Å². The first kappa shape index (κ1) is 12.2. The number of nitrogens with one attached hydrogen (secondary N) is 1. The Morgan fingerprint density at radius 1 is 1.30 bits per heavy atom. The number of allylic oxidation sites excluding steroid dienone is 1. The van der Waals surface area contributed by atoms with Gasteiger partial charge in [-0.25, -0.2) is 9.79 Å². The summed E-state index contributed by atoms with van der Waals surface area (Å²) in [5.74, 6) is -0.384. The van der Waals surface area contributed by atoms with Gasteiger partial charge in [-0.3, -0.25) is 14.3 Å². The van der Waals surface area contributed by atoms with Crippen molar-refractivity contribution in [2.75, 3.05) is 0 Å². The van der Waals surface area contributed by atoms with Gasteiger partial charge >= 0.3 is 5.69 Å². The lowest BCUT2D eigenvalue weighted by Gasteiger charge is -2.03. The van der Waals surface area contributed by atoms with Crippen LogP contribution in [0.15, 0.2) is 44.5 Å². The van der Waals surface area contributed by atoms with Gasteiger partial charge in [-0.1, -0.05) is 18.2 Å². The number of fused-ring (bicyclic) bond motifs is 1. The maximum atomic E-state index is 11.7. The molecule has 1 aliphatic rings. The highest BCUT2D eigenvalue weighted by Gasteiger charge is 2.11. The van der Waals surface area contributed by atoms with Gasteiger partial charge in [0.25, 0.3) is 5.56 Å². The number of aromatic nitrogens is 2. The Kier molecular flexibility index (Phi) is 2.64. The minimum atomic E-state index is -0.662. The Bertz CT molecular complexity index is 927. The Morgan fingerprint density at radius 3 is 2.80 bits per heavy atom. The van der Waals surface area contributed by atoms with E-state index < -0.39 is 11.2 Å². The van der Waals surface area contributed by atoms with Gasteiger partial charge in [0, 0.05) is 12.3 Å². The largest absolute Gasteiger partial charge is 0.494 e. The summed E-state index contributed by atoms with van der Waals surface area (Å²) < 4.78 is 0.968. The average molecular weight is 269 g/mol. The second-order valence-electron chi connectivity index (χ2n) is 4.44. The van der Waals surface area contributed by atoms with Crippen molar-refractivity contribution in [3.05, 3.63) is 66.9 Å². The van der Waals surface area contributed by atoms with Crippen LogP contribution in [0.4, 0.5) is 0 Å². The number of aromatic hydroxyl groups is 1. The van der Waals surface area contributed by atoms with Crippen molar-refractivity contribution in [1.82, 2.24) is 9.55 Å². The zero-order valence-corrected chi connectivity index (χ0v) is 10.6. The van der Waals surface area contributed by atoms with Crippen LogP contribution < -0.4 is 21.8 Å². The van der Waals surface area contributed by atoms with Crippen LogP contribution in [0.3, 0.4) is 0 Å². The lowest BCUT2D eigenvalue weighted by molar-refractivity contribution is 0.416. The van der Waals surface area contributed by atoms with Crippen LogP contribution in [0.1, 0.15) is 5.56 Å². The lowest BCUT2D eigenvalue weighted by atomic mass is 10.2. The molecular weight excluding hydrogens is 258 g/mol. The molecule has 1 aromatic carbocycles. The summed E-state index contributed by atoms with van der Waals surface area (Å²) >= 11 is 0. The molecule has 2 heterocycles. The highest BCUT2D eigenvalue weighted by atomic mass is 16.3. The van der Waals surface area contributed by atoms with E-state index in [-0.39, 0.29) is 11.4 Å². The van der Waals surface area contributed by atoms with Crippen LogP contribution in [0.2, 0.25) is 0 Å². The van der Waals surface area contributed by atoms with Gasteiger partial charge in [0.05, 0.1) is 11.1 Å². The van der Waals surface area contributed by atoms with E-state index >= 15 is 0 Å². The lowest BCUT2D eigenvalue weighted by Crippen LogP contribution is -2.29. The number of aromatic amines is 1. The molecule has 0 saturated carbocycles. The maximum Gasteiger partial charge on any atom is 0.330 e. The Morgan fingerprint density at radius 2 is 2.05 bits per heavy atom. The number of H-pyrrole nitrogens is 1.